The van der Waals surface area contributed by atoms with E-state index in [0.717, 1.165) is 0 Å². The molecule has 0 saturated heterocycles. The van der Waals surface area contributed by atoms with Gasteiger partial charge in [0.2, 0.25) is 0 Å². The quantitative estimate of drug-likeness (QED) is 0.785. The fourth-order valence-corrected chi connectivity index (χ4v) is 2.31. The maximum Gasteiger partial charge on any atom is 0.173 e. The molecule has 1 unspecified atom stereocenters. The highest BCUT2D eigenvalue weighted by Crippen LogP contribution is 2.36. The van der Waals surface area contributed by atoms with Crippen LogP contribution in [0, 0.1) is 5.82 Å². The topological polar surface area (TPSA) is 33.4 Å². The summed E-state index contributed by atoms with van der Waals surface area (Å²) in [5.74, 6) is 0.0546. The van der Waals surface area contributed by atoms with Crippen molar-refractivity contribution in [2.45, 2.75) is 5.60 Å². The van der Waals surface area contributed by atoms with Crippen molar-refractivity contribution < 1.29 is 13.9 Å². The Morgan fingerprint density at radius 1 is 0.800 bits per heavy atom. The molecule has 3 heteroatoms. The average Bonchev–Trinajstić information content (AvgIpc) is 3.03. The molecular formula is C17H13FO2. The second-order valence-corrected chi connectivity index (χ2v) is 4.56. The maximum absolute atomic E-state index is 13.1. The van der Waals surface area contributed by atoms with Crippen LogP contribution in [0.5, 0.6) is 0 Å². The number of hydrogen-bond acceptors (Lipinski definition) is 2. The number of furan rings is 1. The number of halogens is 1. The molecule has 0 aliphatic heterocycles. The van der Waals surface area contributed by atoms with Crippen LogP contribution in [-0.4, -0.2) is 5.11 Å². The van der Waals surface area contributed by atoms with Crippen molar-refractivity contribution in [2.75, 3.05) is 0 Å². The van der Waals surface area contributed by atoms with Crippen molar-refractivity contribution in [3.8, 4) is 0 Å². The zero-order chi connectivity index (χ0) is 14.0. The summed E-state index contributed by atoms with van der Waals surface area (Å²) >= 11 is 0. The maximum atomic E-state index is 13.1. The van der Waals surface area contributed by atoms with Crippen LogP contribution in [0.15, 0.2) is 77.4 Å². The molecular weight excluding hydrogens is 255 g/mol. The van der Waals surface area contributed by atoms with Crippen LogP contribution in [0.4, 0.5) is 4.39 Å². The van der Waals surface area contributed by atoms with Gasteiger partial charge >= 0.3 is 0 Å². The van der Waals surface area contributed by atoms with Crippen LogP contribution in [-0.2, 0) is 5.60 Å². The van der Waals surface area contributed by atoms with Gasteiger partial charge in [-0.25, -0.2) is 4.39 Å². The highest BCUT2D eigenvalue weighted by Gasteiger charge is 2.36. The second-order valence-electron chi connectivity index (χ2n) is 4.56. The summed E-state index contributed by atoms with van der Waals surface area (Å²) in [6, 6.07) is 18.4. The summed E-state index contributed by atoms with van der Waals surface area (Å²) in [6.45, 7) is 0. The Labute approximate surface area is 116 Å². The number of rotatable bonds is 3. The molecule has 20 heavy (non-hydrogen) atoms. The molecule has 0 spiro atoms. The number of hydrogen-bond donors (Lipinski definition) is 1. The Kier molecular flexibility index (Phi) is 3.12. The summed E-state index contributed by atoms with van der Waals surface area (Å²) in [4.78, 5) is 0. The molecule has 100 valence electrons. The fraction of sp³-hybridized carbons (Fsp3) is 0.0588. The normalized spacial score (nSPS) is 13.9. The van der Waals surface area contributed by atoms with Crippen LogP contribution >= 0.6 is 0 Å². The molecule has 2 nitrogen and oxygen atoms in total. The van der Waals surface area contributed by atoms with Crippen LogP contribution in [0.25, 0.3) is 0 Å². The lowest BCUT2D eigenvalue weighted by Gasteiger charge is -2.27. The Morgan fingerprint density at radius 3 is 2.05 bits per heavy atom. The fourth-order valence-electron chi connectivity index (χ4n) is 2.31. The lowest BCUT2D eigenvalue weighted by Crippen LogP contribution is -2.28. The first-order chi connectivity index (χ1) is 9.71. The van der Waals surface area contributed by atoms with E-state index in [4.69, 9.17) is 4.42 Å². The van der Waals surface area contributed by atoms with Crippen molar-refractivity contribution in [1.29, 1.82) is 0 Å². The Hall–Kier alpha value is -2.39. The summed E-state index contributed by atoms with van der Waals surface area (Å²) in [5, 5.41) is 11.2. The third-order valence-electron chi connectivity index (χ3n) is 3.33. The Bertz CT molecular complexity index is 675. The first-order valence-electron chi connectivity index (χ1n) is 6.29. The lowest BCUT2D eigenvalue weighted by molar-refractivity contribution is 0.0989. The first kappa shape index (κ1) is 12.6. The standard InChI is InChI=1S/C17H13FO2/c18-15-10-8-14(9-11-15)17(19,16-7-4-12-20-16)13-5-2-1-3-6-13/h1-12,19H. The van der Waals surface area contributed by atoms with Crippen LogP contribution < -0.4 is 0 Å². The second kappa shape index (κ2) is 4.94. The van der Waals surface area contributed by atoms with E-state index in [-0.39, 0.29) is 5.82 Å². The molecule has 0 aliphatic rings. The molecule has 0 fully saturated rings. The molecule has 2 aromatic carbocycles. The summed E-state index contributed by atoms with van der Waals surface area (Å²) in [5.41, 5.74) is -0.208. The van der Waals surface area contributed by atoms with E-state index in [2.05, 4.69) is 0 Å². The molecule has 0 saturated carbocycles. The van der Waals surface area contributed by atoms with Crippen molar-refractivity contribution >= 4 is 0 Å². The van der Waals surface area contributed by atoms with Gasteiger partial charge in [-0.05, 0) is 35.4 Å². The minimum absolute atomic E-state index is 0.344. The van der Waals surface area contributed by atoms with E-state index in [0.29, 0.717) is 16.9 Å². The third kappa shape index (κ3) is 2.02. The predicted molar refractivity (Wildman–Crippen MR) is 73.7 cm³/mol. The predicted octanol–water partition coefficient (Wildman–Crippen LogP) is 3.70. The van der Waals surface area contributed by atoms with Gasteiger partial charge in [0, 0.05) is 0 Å². The van der Waals surface area contributed by atoms with E-state index < -0.39 is 5.60 Å². The zero-order valence-electron chi connectivity index (χ0n) is 10.7. The van der Waals surface area contributed by atoms with Crippen LogP contribution in [0.3, 0.4) is 0 Å². The molecule has 1 heterocycles. The lowest BCUT2D eigenvalue weighted by atomic mass is 9.84. The van der Waals surface area contributed by atoms with Gasteiger partial charge in [-0.15, -0.1) is 0 Å². The van der Waals surface area contributed by atoms with E-state index in [1.807, 2.05) is 30.3 Å². The van der Waals surface area contributed by atoms with Gasteiger partial charge in [0.15, 0.2) is 5.60 Å². The van der Waals surface area contributed by atoms with Gasteiger partial charge in [0.25, 0.3) is 0 Å². The molecule has 0 amide bonds. The molecule has 1 atom stereocenters. The summed E-state index contributed by atoms with van der Waals surface area (Å²) < 4.78 is 18.5. The monoisotopic (exact) mass is 268 g/mol. The first-order valence-corrected chi connectivity index (χ1v) is 6.29. The molecule has 1 N–H and O–H groups in total. The minimum Gasteiger partial charge on any atom is -0.466 e. The van der Waals surface area contributed by atoms with E-state index in [1.54, 1.807) is 24.3 Å². The average molecular weight is 268 g/mol. The van der Waals surface area contributed by atoms with Crippen molar-refractivity contribution in [1.82, 2.24) is 0 Å². The largest absolute Gasteiger partial charge is 0.466 e. The molecule has 0 aliphatic carbocycles. The molecule has 0 bridgehead atoms. The highest BCUT2D eigenvalue weighted by molar-refractivity contribution is 5.43. The van der Waals surface area contributed by atoms with Crippen LogP contribution in [0.1, 0.15) is 16.9 Å². The van der Waals surface area contributed by atoms with Gasteiger partial charge in [0.05, 0.1) is 6.26 Å². The van der Waals surface area contributed by atoms with Gasteiger partial charge in [-0.3, -0.25) is 0 Å². The van der Waals surface area contributed by atoms with Gasteiger partial charge in [-0.2, -0.15) is 0 Å². The number of benzene rings is 2. The molecule has 0 radical (unpaired) electrons. The Morgan fingerprint density at radius 2 is 1.45 bits per heavy atom. The van der Waals surface area contributed by atoms with E-state index >= 15 is 0 Å². The smallest absolute Gasteiger partial charge is 0.173 e. The molecule has 3 aromatic rings. The van der Waals surface area contributed by atoms with Crippen molar-refractivity contribution in [3.63, 3.8) is 0 Å². The Balaban J connectivity index is 2.21. The highest BCUT2D eigenvalue weighted by atomic mass is 19.1. The van der Waals surface area contributed by atoms with Crippen LogP contribution in [0.2, 0.25) is 0 Å². The van der Waals surface area contributed by atoms with E-state index in [1.165, 1.54) is 18.4 Å². The number of aliphatic hydroxyl groups is 1. The minimum atomic E-state index is -1.43. The van der Waals surface area contributed by atoms with Gasteiger partial charge in [0.1, 0.15) is 11.6 Å². The molecule has 3 rings (SSSR count). The summed E-state index contributed by atoms with van der Waals surface area (Å²) in [7, 11) is 0. The third-order valence-corrected chi connectivity index (χ3v) is 3.33. The zero-order valence-corrected chi connectivity index (χ0v) is 10.7. The summed E-state index contributed by atoms with van der Waals surface area (Å²) in [6.07, 6.45) is 1.51. The van der Waals surface area contributed by atoms with Crippen molar-refractivity contribution in [2.24, 2.45) is 0 Å². The van der Waals surface area contributed by atoms with Crippen molar-refractivity contribution in [3.05, 3.63) is 95.7 Å². The SMILES string of the molecule is OC(c1ccccc1)(c1ccc(F)cc1)c1ccco1. The molecule has 1 aromatic heterocycles. The van der Waals surface area contributed by atoms with Gasteiger partial charge in [-0.1, -0.05) is 42.5 Å². The van der Waals surface area contributed by atoms with Gasteiger partial charge < -0.3 is 9.52 Å². The van der Waals surface area contributed by atoms with E-state index in [9.17, 15) is 9.50 Å².